The van der Waals surface area contributed by atoms with Gasteiger partial charge in [-0.3, -0.25) is 4.79 Å². The number of para-hydroxylation sites is 1. The molecule has 152 valence electrons. The summed E-state index contributed by atoms with van der Waals surface area (Å²) in [5, 5.41) is 2.99. The Bertz CT molecular complexity index is 962. The molecule has 0 unspecified atom stereocenters. The Morgan fingerprint density at radius 2 is 1.68 bits per heavy atom. The van der Waals surface area contributed by atoms with E-state index >= 15 is 0 Å². The topological polar surface area (TPSA) is 66.5 Å². The highest BCUT2D eigenvalue weighted by Gasteiger charge is 2.26. The van der Waals surface area contributed by atoms with E-state index in [9.17, 15) is 13.2 Å². The highest BCUT2D eigenvalue weighted by atomic mass is 35.5. The first kappa shape index (κ1) is 22.4. The van der Waals surface area contributed by atoms with Gasteiger partial charge in [0.05, 0.1) is 5.02 Å². The van der Waals surface area contributed by atoms with Crippen molar-refractivity contribution in [2.45, 2.75) is 44.9 Å². The zero-order valence-electron chi connectivity index (χ0n) is 16.9. The molecule has 0 atom stereocenters. The van der Waals surface area contributed by atoms with Gasteiger partial charge < -0.3 is 5.32 Å². The Morgan fingerprint density at radius 3 is 2.25 bits per heavy atom. The van der Waals surface area contributed by atoms with Crippen molar-refractivity contribution in [3.63, 3.8) is 0 Å². The summed E-state index contributed by atoms with van der Waals surface area (Å²) in [5.74, 6) is -0.385. The van der Waals surface area contributed by atoms with Crippen LogP contribution in [0.2, 0.25) is 5.02 Å². The van der Waals surface area contributed by atoms with Crippen LogP contribution in [-0.4, -0.2) is 31.7 Å². The van der Waals surface area contributed by atoms with Crippen molar-refractivity contribution in [1.82, 2.24) is 4.31 Å². The number of rotatable bonds is 6. The van der Waals surface area contributed by atoms with Crippen molar-refractivity contribution in [3.8, 4) is 0 Å². The first-order chi connectivity index (χ1) is 13.0. The summed E-state index contributed by atoms with van der Waals surface area (Å²) in [6.45, 7) is 10.4. The molecule has 0 spiro atoms. The standard InChI is InChI=1S/C21H27ClN2O3S/c1-6-24(7-2)28(26,27)19-14-15(12-13-17(19)22)20(25)23-18-11-9-8-10-16(18)21(3,4)5/h8-14H,6-7H2,1-5H3,(H,23,25). The number of carbonyl (C=O) groups is 1. The van der Waals surface area contributed by atoms with Gasteiger partial charge in [-0.15, -0.1) is 0 Å². The van der Waals surface area contributed by atoms with E-state index in [0.717, 1.165) is 5.56 Å². The van der Waals surface area contributed by atoms with Crippen LogP contribution in [-0.2, 0) is 15.4 Å². The molecule has 2 aromatic rings. The summed E-state index contributed by atoms with van der Waals surface area (Å²) in [4.78, 5) is 12.8. The Labute approximate surface area is 172 Å². The summed E-state index contributed by atoms with van der Waals surface area (Å²) >= 11 is 6.15. The van der Waals surface area contributed by atoms with Crippen LogP contribution in [0.1, 0.15) is 50.5 Å². The Kier molecular flexibility index (Phi) is 6.91. The molecule has 1 N–H and O–H groups in total. The Morgan fingerprint density at radius 1 is 1.07 bits per heavy atom. The van der Waals surface area contributed by atoms with Crippen LogP contribution < -0.4 is 5.32 Å². The number of amides is 1. The number of hydrogen-bond donors (Lipinski definition) is 1. The minimum Gasteiger partial charge on any atom is -0.322 e. The molecular formula is C21H27ClN2O3S. The molecule has 0 bridgehead atoms. The van der Waals surface area contributed by atoms with Crippen LogP contribution in [0.4, 0.5) is 5.69 Å². The SMILES string of the molecule is CCN(CC)S(=O)(=O)c1cc(C(=O)Nc2ccccc2C(C)(C)C)ccc1Cl. The number of anilines is 1. The lowest BCUT2D eigenvalue weighted by atomic mass is 9.86. The molecule has 0 saturated carbocycles. The summed E-state index contributed by atoms with van der Waals surface area (Å²) < 4.78 is 27.0. The molecule has 0 aliphatic rings. The molecule has 0 saturated heterocycles. The molecule has 0 fully saturated rings. The second-order valence-corrected chi connectivity index (χ2v) is 9.80. The van der Waals surface area contributed by atoms with Crippen molar-refractivity contribution < 1.29 is 13.2 Å². The predicted octanol–water partition coefficient (Wildman–Crippen LogP) is 4.92. The van der Waals surface area contributed by atoms with Crippen LogP contribution in [0.5, 0.6) is 0 Å². The monoisotopic (exact) mass is 422 g/mol. The molecule has 0 heterocycles. The zero-order valence-corrected chi connectivity index (χ0v) is 18.5. The average Bonchev–Trinajstić information content (AvgIpc) is 2.62. The first-order valence-electron chi connectivity index (χ1n) is 9.23. The number of carbonyl (C=O) groups excluding carboxylic acids is 1. The first-order valence-corrected chi connectivity index (χ1v) is 11.0. The van der Waals surface area contributed by atoms with E-state index in [1.165, 1.54) is 22.5 Å². The van der Waals surface area contributed by atoms with Gasteiger partial charge in [-0.25, -0.2) is 8.42 Å². The molecule has 0 aliphatic heterocycles. The van der Waals surface area contributed by atoms with E-state index in [2.05, 4.69) is 26.1 Å². The van der Waals surface area contributed by atoms with Gasteiger partial charge in [0.1, 0.15) is 4.90 Å². The number of nitrogens with zero attached hydrogens (tertiary/aromatic N) is 1. The molecule has 2 rings (SSSR count). The van der Waals surface area contributed by atoms with Crippen molar-refractivity contribution in [2.75, 3.05) is 18.4 Å². The number of nitrogens with one attached hydrogen (secondary N) is 1. The van der Waals surface area contributed by atoms with E-state index in [0.29, 0.717) is 18.8 Å². The highest BCUT2D eigenvalue weighted by Crippen LogP contribution is 2.30. The van der Waals surface area contributed by atoms with E-state index < -0.39 is 10.0 Å². The smallest absolute Gasteiger partial charge is 0.255 e. The maximum absolute atomic E-state index is 12.8. The fourth-order valence-electron chi connectivity index (χ4n) is 2.99. The second kappa shape index (κ2) is 8.64. The predicted molar refractivity (Wildman–Crippen MR) is 115 cm³/mol. The lowest BCUT2D eigenvalue weighted by molar-refractivity contribution is 0.102. The van der Waals surface area contributed by atoms with Gasteiger partial charge in [0.2, 0.25) is 10.0 Å². The number of hydrogen-bond acceptors (Lipinski definition) is 3. The number of sulfonamides is 1. The third kappa shape index (κ3) is 4.74. The minimum absolute atomic E-state index is 0.0605. The van der Waals surface area contributed by atoms with Crippen LogP contribution >= 0.6 is 11.6 Å². The quantitative estimate of drug-likeness (QED) is 0.718. The maximum Gasteiger partial charge on any atom is 0.255 e. The molecule has 5 nitrogen and oxygen atoms in total. The van der Waals surface area contributed by atoms with Gasteiger partial charge in [0.25, 0.3) is 5.91 Å². The van der Waals surface area contributed by atoms with Crippen molar-refractivity contribution in [2.24, 2.45) is 0 Å². The normalized spacial score (nSPS) is 12.2. The van der Waals surface area contributed by atoms with Crippen molar-refractivity contribution in [3.05, 3.63) is 58.6 Å². The molecule has 0 radical (unpaired) electrons. The van der Waals surface area contributed by atoms with Gasteiger partial charge in [-0.1, -0.05) is 64.4 Å². The third-order valence-electron chi connectivity index (χ3n) is 4.50. The fraction of sp³-hybridized carbons (Fsp3) is 0.381. The lowest BCUT2D eigenvalue weighted by Crippen LogP contribution is -2.31. The van der Waals surface area contributed by atoms with E-state index in [1.54, 1.807) is 13.8 Å². The largest absolute Gasteiger partial charge is 0.322 e. The van der Waals surface area contributed by atoms with Crippen LogP contribution in [0.15, 0.2) is 47.4 Å². The molecule has 0 aromatic heterocycles. The van der Waals surface area contributed by atoms with Gasteiger partial charge in [-0.05, 0) is 35.2 Å². The van der Waals surface area contributed by atoms with E-state index in [-0.39, 0.29) is 26.8 Å². The summed E-state index contributed by atoms with van der Waals surface area (Å²) in [7, 11) is -3.77. The maximum atomic E-state index is 12.8. The van der Waals surface area contributed by atoms with E-state index in [4.69, 9.17) is 11.6 Å². The molecule has 2 aromatic carbocycles. The molecule has 1 amide bonds. The summed E-state index contributed by atoms with van der Waals surface area (Å²) in [6, 6.07) is 11.9. The van der Waals surface area contributed by atoms with Gasteiger partial charge in [-0.2, -0.15) is 4.31 Å². The van der Waals surface area contributed by atoms with Crippen LogP contribution in [0, 0.1) is 0 Å². The molecular weight excluding hydrogens is 396 g/mol. The summed E-state index contributed by atoms with van der Waals surface area (Å²) in [5.41, 5.74) is 1.77. The van der Waals surface area contributed by atoms with Crippen molar-refractivity contribution in [1.29, 1.82) is 0 Å². The van der Waals surface area contributed by atoms with Crippen LogP contribution in [0.3, 0.4) is 0 Å². The van der Waals surface area contributed by atoms with Gasteiger partial charge in [0.15, 0.2) is 0 Å². The average molecular weight is 423 g/mol. The summed E-state index contributed by atoms with van der Waals surface area (Å²) in [6.07, 6.45) is 0. The fourth-order valence-corrected chi connectivity index (χ4v) is 4.94. The Balaban J connectivity index is 2.42. The highest BCUT2D eigenvalue weighted by molar-refractivity contribution is 7.89. The van der Waals surface area contributed by atoms with Gasteiger partial charge >= 0.3 is 0 Å². The molecule has 7 heteroatoms. The Hall–Kier alpha value is -1.89. The molecule has 0 aliphatic carbocycles. The zero-order chi connectivity index (χ0) is 21.1. The van der Waals surface area contributed by atoms with Gasteiger partial charge in [0, 0.05) is 24.3 Å². The third-order valence-corrected chi connectivity index (χ3v) is 7.03. The number of benzene rings is 2. The lowest BCUT2D eigenvalue weighted by Gasteiger charge is -2.23. The van der Waals surface area contributed by atoms with Crippen LogP contribution in [0.25, 0.3) is 0 Å². The van der Waals surface area contributed by atoms with E-state index in [1.807, 2.05) is 24.3 Å². The number of halogens is 1. The van der Waals surface area contributed by atoms with Crippen molar-refractivity contribution >= 4 is 33.2 Å². The minimum atomic E-state index is -3.77. The molecule has 28 heavy (non-hydrogen) atoms. The second-order valence-electron chi connectivity index (χ2n) is 7.48.